The number of nitrogens with one attached hydrogen (secondary N) is 1. The van der Waals surface area contributed by atoms with Crippen molar-refractivity contribution in [1.29, 1.82) is 0 Å². The molecule has 0 aliphatic carbocycles. The predicted octanol–water partition coefficient (Wildman–Crippen LogP) is 1.24. The highest BCUT2D eigenvalue weighted by Crippen LogP contribution is 2.20. The Labute approximate surface area is 112 Å². The van der Waals surface area contributed by atoms with E-state index in [-0.39, 0.29) is 17.1 Å². The maximum atomic E-state index is 11.8. The van der Waals surface area contributed by atoms with Gasteiger partial charge < -0.3 is 10.4 Å². The number of hydrogen-bond donors (Lipinski definition) is 2. The first-order valence-corrected chi connectivity index (χ1v) is 5.51. The van der Waals surface area contributed by atoms with E-state index in [1.165, 1.54) is 6.92 Å². The van der Waals surface area contributed by atoms with Crippen LogP contribution in [0.5, 0.6) is 0 Å². The lowest BCUT2D eigenvalue weighted by atomic mass is 10.2. The van der Waals surface area contributed by atoms with Crippen LogP contribution in [0.4, 0.5) is 5.69 Å². The number of carbonyl (C=O) groups is 2. The molecule has 0 aliphatic heterocycles. The summed E-state index contributed by atoms with van der Waals surface area (Å²) in [7, 11) is 0. The van der Waals surface area contributed by atoms with Gasteiger partial charge >= 0.3 is 5.97 Å². The second-order valence-electron chi connectivity index (χ2n) is 3.75. The largest absolute Gasteiger partial charge is 0.481 e. The van der Waals surface area contributed by atoms with E-state index in [0.29, 0.717) is 0 Å². The number of hydrogen-bond acceptors (Lipinski definition) is 5. The van der Waals surface area contributed by atoms with Gasteiger partial charge in [-0.2, -0.15) is 0 Å². The summed E-state index contributed by atoms with van der Waals surface area (Å²) in [6.07, 6.45) is 0.581. The molecule has 0 saturated heterocycles. The van der Waals surface area contributed by atoms with Gasteiger partial charge in [0, 0.05) is 6.04 Å². The number of pyridine rings is 1. The summed E-state index contributed by atoms with van der Waals surface area (Å²) in [5.74, 6) is -1.86. The van der Waals surface area contributed by atoms with E-state index in [9.17, 15) is 19.7 Å². The Bertz CT molecular complexity index is 534. The van der Waals surface area contributed by atoms with Crippen molar-refractivity contribution in [3.8, 4) is 0 Å². The summed E-state index contributed by atoms with van der Waals surface area (Å²) in [6.45, 7) is 1.47. The zero-order valence-electron chi connectivity index (χ0n) is 9.79. The molecule has 1 aromatic heterocycles. The first-order valence-electron chi connectivity index (χ1n) is 5.14. The average molecular weight is 288 g/mol. The van der Waals surface area contributed by atoms with E-state index in [1.54, 1.807) is 0 Å². The van der Waals surface area contributed by atoms with Crippen molar-refractivity contribution in [3.63, 3.8) is 0 Å². The normalized spacial score (nSPS) is 11.7. The molecular weight excluding hydrogens is 278 g/mol. The Morgan fingerprint density at radius 1 is 1.63 bits per heavy atom. The maximum Gasteiger partial charge on any atom is 0.305 e. The van der Waals surface area contributed by atoms with Gasteiger partial charge in [-0.1, -0.05) is 11.6 Å². The molecule has 1 aromatic rings. The van der Waals surface area contributed by atoms with Gasteiger partial charge in [0.25, 0.3) is 11.6 Å². The smallest absolute Gasteiger partial charge is 0.305 e. The zero-order chi connectivity index (χ0) is 14.6. The summed E-state index contributed by atoms with van der Waals surface area (Å²) in [5, 5.41) is 21.6. The SMILES string of the molecule is CC(CC(=O)O)NC(=O)c1cc(Cl)ncc1[N+](=O)[O-]. The molecule has 19 heavy (non-hydrogen) atoms. The number of nitro groups is 1. The standard InChI is InChI=1S/C10H10ClN3O5/c1-5(2-9(15)16)13-10(17)6-3-8(11)12-4-7(6)14(18)19/h3-5H,2H2,1H3,(H,13,17)(H,15,16). The third kappa shape index (κ3) is 4.18. The number of rotatable bonds is 5. The van der Waals surface area contributed by atoms with Gasteiger partial charge in [-0.3, -0.25) is 19.7 Å². The lowest BCUT2D eigenvalue weighted by molar-refractivity contribution is -0.385. The topological polar surface area (TPSA) is 122 Å². The van der Waals surface area contributed by atoms with Crippen LogP contribution in [0.1, 0.15) is 23.7 Å². The first-order chi connectivity index (χ1) is 8.81. The molecule has 8 nitrogen and oxygen atoms in total. The van der Waals surface area contributed by atoms with Crippen molar-refractivity contribution in [2.24, 2.45) is 0 Å². The molecule has 1 unspecified atom stereocenters. The molecule has 0 aromatic carbocycles. The van der Waals surface area contributed by atoms with Crippen LogP contribution in [0.2, 0.25) is 5.15 Å². The fourth-order valence-corrected chi connectivity index (χ4v) is 1.52. The lowest BCUT2D eigenvalue weighted by Crippen LogP contribution is -2.34. The van der Waals surface area contributed by atoms with Crippen LogP contribution in [-0.2, 0) is 4.79 Å². The van der Waals surface area contributed by atoms with Crippen molar-refractivity contribution < 1.29 is 19.6 Å². The molecule has 1 amide bonds. The summed E-state index contributed by atoms with van der Waals surface area (Å²) in [4.78, 5) is 35.8. The van der Waals surface area contributed by atoms with E-state index in [0.717, 1.165) is 12.3 Å². The van der Waals surface area contributed by atoms with Crippen molar-refractivity contribution in [2.45, 2.75) is 19.4 Å². The lowest BCUT2D eigenvalue weighted by Gasteiger charge is -2.11. The number of aliphatic carboxylic acids is 1. The highest BCUT2D eigenvalue weighted by molar-refractivity contribution is 6.29. The maximum absolute atomic E-state index is 11.8. The number of carbonyl (C=O) groups excluding carboxylic acids is 1. The molecule has 1 heterocycles. The van der Waals surface area contributed by atoms with Gasteiger partial charge in [0.2, 0.25) is 0 Å². The number of amides is 1. The third-order valence-corrected chi connectivity index (χ3v) is 2.36. The van der Waals surface area contributed by atoms with Crippen LogP contribution in [-0.4, -0.2) is 32.9 Å². The van der Waals surface area contributed by atoms with Gasteiger partial charge in [-0.15, -0.1) is 0 Å². The number of halogens is 1. The molecule has 1 atom stereocenters. The molecule has 0 saturated carbocycles. The summed E-state index contributed by atoms with van der Waals surface area (Å²) < 4.78 is 0. The van der Waals surface area contributed by atoms with Crippen LogP contribution < -0.4 is 5.32 Å². The minimum absolute atomic E-state index is 0.0679. The highest BCUT2D eigenvalue weighted by Gasteiger charge is 2.23. The predicted molar refractivity (Wildman–Crippen MR) is 65.1 cm³/mol. The Balaban J connectivity index is 2.95. The van der Waals surface area contributed by atoms with Crippen molar-refractivity contribution in [3.05, 3.63) is 33.1 Å². The second-order valence-corrected chi connectivity index (χ2v) is 4.14. The molecule has 0 bridgehead atoms. The number of carboxylic acid groups (broad SMARTS) is 1. The summed E-state index contributed by atoms with van der Waals surface area (Å²) >= 11 is 5.58. The monoisotopic (exact) mass is 287 g/mol. The van der Waals surface area contributed by atoms with E-state index in [4.69, 9.17) is 16.7 Å². The fraction of sp³-hybridized carbons (Fsp3) is 0.300. The van der Waals surface area contributed by atoms with Crippen molar-refractivity contribution in [2.75, 3.05) is 0 Å². The van der Waals surface area contributed by atoms with Crippen molar-refractivity contribution >= 4 is 29.2 Å². The fourth-order valence-electron chi connectivity index (χ4n) is 1.36. The van der Waals surface area contributed by atoms with E-state index >= 15 is 0 Å². The number of nitrogens with zero attached hydrogens (tertiary/aromatic N) is 2. The van der Waals surface area contributed by atoms with Gasteiger partial charge in [0.15, 0.2) is 0 Å². The third-order valence-electron chi connectivity index (χ3n) is 2.15. The average Bonchev–Trinajstić information content (AvgIpc) is 2.26. The zero-order valence-corrected chi connectivity index (χ0v) is 10.5. The van der Waals surface area contributed by atoms with E-state index < -0.39 is 28.5 Å². The van der Waals surface area contributed by atoms with Crippen molar-refractivity contribution in [1.82, 2.24) is 10.3 Å². The summed E-state index contributed by atoms with van der Waals surface area (Å²) in [5.41, 5.74) is -0.758. The molecule has 2 N–H and O–H groups in total. The molecule has 1 rings (SSSR count). The first kappa shape index (κ1) is 14.8. The van der Waals surface area contributed by atoms with Crippen LogP contribution in [0.3, 0.4) is 0 Å². The molecule has 0 aliphatic rings. The molecule has 0 spiro atoms. The minimum atomic E-state index is -1.09. The molecular formula is C10H10ClN3O5. The van der Waals surface area contributed by atoms with E-state index in [1.807, 2.05) is 0 Å². The van der Waals surface area contributed by atoms with Crippen LogP contribution >= 0.6 is 11.6 Å². The Hall–Kier alpha value is -2.22. The highest BCUT2D eigenvalue weighted by atomic mass is 35.5. The molecule has 0 radical (unpaired) electrons. The Kier molecular flexibility index (Phi) is 4.76. The van der Waals surface area contributed by atoms with Gasteiger partial charge in [0.1, 0.15) is 16.9 Å². The second kappa shape index (κ2) is 6.10. The van der Waals surface area contributed by atoms with Crippen LogP contribution in [0, 0.1) is 10.1 Å². The molecule has 102 valence electrons. The molecule has 0 fully saturated rings. The number of aromatic nitrogens is 1. The number of carboxylic acids is 1. The van der Waals surface area contributed by atoms with Crippen LogP contribution in [0.15, 0.2) is 12.3 Å². The Morgan fingerprint density at radius 2 is 2.26 bits per heavy atom. The van der Waals surface area contributed by atoms with Gasteiger partial charge in [-0.25, -0.2) is 4.98 Å². The molecule has 9 heteroatoms. The van der Waals surface area contributed by atoms with Crippen LogP contribution in [0.25, 0.3) is 0 Å². The van der Waals surface area contributed by atoms with Gasteiger partial charge in [0.05, 0.1) is 11.3 Å². The van der Waals surface area contributed by atoms with E-state index in [2.05, 4.69) is 10.3 Å². The van der Waals surface area contributed by atoms with Gasteiger partial charge in [-0.05, 0) is 13.0 Å². The quantitative estimate of drug-likeness (QED) is 0.477. The minimum Gasteiger partial charge on any atom is -0.481 e. The summed E-state index contributed by atoms with van der Waals surface area (Å²) in [6, 6.07) is 0.388. The Morgan fingerprint density at radius 3 is 2.79 bits per heavy atom.